The van der Waals surface area contributed by atoms with Crippen LogP contribution in [0.4, 0.5) is 0 Å². The van der Waals surface area contributed by atoms with Crippen LogP contribution in [0.5, 0.6) is 0 Å². The summed E-state index contributed by atoms with van der Waals surface area (Å²) in [5.74, 6) is -0.569. The molecule has 6 nitrogen and oxygen atoms in total. The van der Waals surface area contributed by atoms with Crippen molar-refractivity contribution in [2.24, 2.45) is 0 Å². The van der Waals surface area contributed by atoms with E-state index in [2.05, 4.69) is 14.7 Å². The summed E-state index contributed by atoms with van der Waals surface area (Å²) in [6.45, 7) is 0. The quantitative estimate of drug-likeness (QED) is 0.916. The van der Waals surface area contributed by atoms with Crippen LogP contribution in [0.15, 0.2) is 47.9 Å². The predicted molar refractivity (Wildman–Crippen MR) is 79.7 cm³/mol. The van der Waals surface area contributed by atoms with Gasteiger partial charge in [0.25, 0.3) is 10.0 Å². The summed E-state index contributed by atoms with van der Waals surface area (Å²) in [6.07, 6.45) is 4.86. The molecule has 0 bridgehead atoms. The summed E-state index contributed by atoms with van der Waals surface area (Å²) < 4.78 is 26.4. The first-order chi connectivity index (χ1) is 10.4. The fraction of sp³-hybridized carbons (Fsp3) is 0.214. The highest BCUT2D eigenvalue weighted by Gasteiger charge is 2.52. The highest BCUT2D eigenvalue weighted by atomic mass is 35.5. The average molecular weight is 338 g/mol. The maximum absolute atomic E-state index is 12.4. The molecule has 0 atom stereocenters. The first kappa shape index (κ1) is 14.9. The molecule has 0 radical (unpaired) electrons. The number of rotatable bonds is 4. The molecule has 0 saturated heterocycles. The zero-order valence-corrected chi connectivity index (χ0v) is 12.9. The summed E-state index contributed by atoms with van der Waals surface area (Å²) in [5.41, 5.74) is -0.118. The zero-order chi connectivity index (χ0) is 15.8. The highest BCUT2D eigenvalue weighted by molar-refractivity contribution is 7.90. The lowest BCUT2D eigenvalue weighted by atomic mass is 9.95. The molecule has 1 aliphatic rings. The van der Waals surface area contributed by atoms with Crippen LogP contribution in [-0.2, 0) is 20.2 Å². The molecule has 1 amide bonds. The summed E-state index contributed by atoms with van der Waals surface area (Å²) in [7, 11) is -4.03. The number of amides is 1. The molecule has 2 aromatic rings. The summed E-state index contributed by atoms with van der Waals surface area (Å²) in [5, 5.41) is 0.221. The SMILES string of the molecule is O=C(NS(=O)(=O)c1cnccn1)C1(c2cccc(Cl)c2)CC1. The maximum Gasteiger partial charge on any atom is 0.283 e. The molecular weight excluding hydrogens is 326 g/mol. The number of sulfonamides is 1. The Bertz CT molecular complexity index is 820. The van der Waals surface area contributed by atoms with E-state index in [1.165, 1.54) is 12.4 Å². The average Bonchev–Trinajstić information content (AvgIpc) is 3.29. The summed E-state index contributed by atoms with van der Waals surface area (Å²) in [6, 6.07) is 6.90. The molecule has 1 N–H and O–H groups in total. The van der Waals surface area contributed by atoms with Crippen LogP contribution in [0.25, 0.3) is 0 Å². The normalized spacial score (nSPS) is 16.0. The molecule has 22 heavy (non-hydrogen) atoms. The van der Waals surface area contributed by atoms with E-state index in [4.69, 9.17) is 11.6 Å². The van der Waals surface area contributed by atoms with Gasteiger partial charge in [0.05, 0.1) is 11.6 Å². The van der Waals surface area contributed by atoms with Gasteiger partial charge in [-0.15, -0.1) is 0 Å². The summed E-state index contributed by atoms with van der Waals surface area (Å²) in [4.78, 5) is 19.8. The van der Waals surface area contributed by atoms with E-state index >= 15 is 0 Å². The van der Waals surface area contributed by atoms with Gasteiger partial charge in [0.1, 0.15) is 0 Å². The monoisotopic (exact) mass is 337 g/mol. The lowest BCUT2D eigenvalue weighted by Gasteiger charge is -2.15. The Balaban J connectivity index is 1.86. The van der Waals surface area contributed by atoms with Crippen LogP contribution in [0.3, 0.4) is 0 Å². The van der Waals surface area contributed by atoms with Crippen molar-refractivity contribution in [3.8, 4) is 0 Å². The molecule has 1 aromatic heterocycles. The molecule has 1 aliphatic carbocycles. The number of benzene rings is 1. The molecule has 0 aliphatic heterocycles. The van der Waals surface area contributed by atoms with Crippen LogP contribution in [0.1, 0.15) is 18.4 Å². The van der Waals surface area contributed by atoms with E-state index in [-0.39, 0.29) is 5.03 Å². The Morgan fingerprint density at radius 3 is 2.64 bits per heavy atom. The predicted octanol–water partition coefficient (Wildman–Crippen LogP) is 1.67. The smallest absolute Gasteiger partial charge is 0.273 e. The van der Waals surface area contributed by atoms with E-state index < -0.39 is 21.3 Å². The van der Waals surface area contributed by atoms with Crippen LogP contribution in [0.2, 0.25) is 5.02 Å². The highest BCUT2D eigenvalue weighted by Crippen LogP contribution is 2.49. The van der Waals surface area contributed by atoms with Crippen molar-refractivity contribution in [2.45, 2.75) is 23.3 Å². The van der Waals surface area contributed by atoms with Crippen LogP contribution in [0, 0.1) is 0 Å². The van der Waals surface area contributed by atoms with E-state index in [9.17, 15) is 13.2 Å². The van der Waals surface area contributed by atoms with Crippen molar-refractivity contribution in [1.29, 1.82) is 0 Å². The van der Waals surface area contributed by atoms with Gasteiger partial charge in [-0.2, -0.15) is 8.42 Å². The topological polar surface area (TPSA) is 89.0 Å². The van der Waals surface area contributed by atoms with Gasteiger partial charge in [0.2, 0.25) is 5.91 Å². The standard InChI is InChI=1S/C14H12ClN3O3S/c15-11-3-1-2-10(8-11)14(4-5-14)13(19)18-22(20,21)12-9-16-6-7-17-12/h1-3,6-9H,4-5H2,(H,18,19). The molecule has 1 heterocycles. The van der Waals surface area contributed by atoms with Gasteiger partial charge in [-0.3, -0.25) is 9.78 Å². The van der Waals surface area contributed by atoms with E-state index in [1.807, 2.05) is 0 Å². The van der Waals surface area contributed by atoms with E-state index in [0.717, 1.165) is 6.20 Å². The molecule has 114 valence electrons. The molecule has 1 fully saturated rings. The Hall–Kier alpha value is -1.99. The van der Waals surface area contributed by atoms with Crippen molar-refractivity contribution >= 4 is 27.5 Å². The van der Waals surface area contributed by atoms with Crippen molar-refractivity contribution in [3.05, 3.63) is 53.4 Å². The maximum atomic E-state index is 12.4. The first-order valence-corrected chi connectivity index (χ1v) is 8.39. The van der Waals surface area contributed by atoms with Crippen LogP contribution in [-0.4, -0.2) is 24.3 Å². The van der Waals surface area contributed by atoms with Gasteiger partial charge < -0.3 is 0 Å². The molecular formula is C14H12ClN3O3S. The van der Waals surface area contributed by atoms with Crippen molar-refractivity contribution in [2.75, 3.05) is 0 Å². The van der Waals surface area contributed by atoms with Gasteiger partial charge in [0, 0.05) is 17.4 Å². The largest absolute Gasteiger partial charge is 0.283 e. The van der Waals surface area contributed by atoms with Crippen molar-refractivity contribution < 1.29 is 13.2 Å². The Kier molecular flexibility index (Phi) is 3.62. The fourth-order valence-corrected chi connectivity index (χ4v) is 3.39. The molecule has 1 saturated carbocycles. The number of nitrogens with one attached hydrogen (secondary N) is 1. The molecule has 0 spiro atoms. The minimum Gasteiger partial charge on any atom is -0.273 e. The first-order valence-electron chi connectivity index (χ1n) is 6.53. The van der Waals surface area contributed by atoms with Gasteiger partial charge in [-0.05, 0) is 30.5 Å². The molecule has 3 rings (SSSR count). The van der Waals surface area contributed by atoms with Gasteiger partial charge in [-0.1, -0.05) is 23.7 Å². The lowest BCUT2D eigenvalue weighted by molar-refractivity contribution is -0.121. The molecule has 1 aromatic carbocycles. The third-order valence-corrected chi connectivity index (χ3v) is 5.05. The zero-order valence-electron chi connectivity index (χ0n) is 11.4. The number of aromatic nitrogens is 2. The molecule has 8 heteroatoms. The van der Waals surface area contributed by atoms with Gasteiger partial charge in [0.15, 0.2) is 5.03 Å². The Labute approximate surface area is 132 Å². The van der Waals surface area contributed by atoms with Crippen molar-refractivity contribution in [3.63, 3.8) is 0 Å². The second kappa shape index (κ2) is 5.33. The van der Waals surface area contributed by atoms with E-state index in [1.54, 1.807) is 24.3 Å². The van der Waals surface area contributed by atoms with Crippen molar-refractivity contribution in [1.82, 2.24) is 14.7 Å². The second-order valence-electron chi connectivity index (χ2n) is 5.07. The number of carbonyl (C=O) groups is 1. The minimum atomic E-state index is -4.03. The van der Waals surface area contributed by atoms with Crippen LogP contribution >= 0.6 is 11.6 Å². The van der Waals surface area contributed by atoms with E-state index in [0.29, 0.717) is 23.4 Å². The Morgan fingerprint density at radius 2 is 2.05 bits per heavy atom. The molecule has 0 unspecified atom stereocenters. The fourth-order valence-electron chi connectivity index (χ4n) is 2.25. The number of hydrogen-bond donors (Lipinski definition) is 1. The van der Waals surface area contributed by atoms with Crippen LogP contribution < -0.4 is 4.72 Å². The number of halogens is 1. The number of carbonyl (C=O) groups excluding carboxylic acids is 1. The summed E-state index contributed by atoms with van der Waals surface area (Å²) >= 11 is 5.94. The van der Waals surface area contributed by atoms with Gasteiger partial charge in [-0.25, -0.2) is 9.71 Å². The van der Waals surface area contributed by atoms with Gasteiger partial charge >= 0.3 is 0 Å². The minimum absolute atomic E-state index is 0.287. The Morgan fingerprint density at radius 1 is 1.27 bits per heavy atom. The second-order valence-corrected chi connectivity index (χ2v) is 7.14. The third kappa shape index (κ3) is 2.69. The number of nitrogens with zero attached hydrogens (tertiary/aromatic N) is 2. The third-order valence-electron chi connectivity index (χ3n) is 3.60. The lowest BCUT2D eigenvalue weighted by Crippen LogP contribution is -2.39. The number of hydrogen-bond acceptors (Lipinski definition) is 5.